The van der Waals surface area contributed by atoms with E-state index >= 15 is 0 Å². The van der Waals surface area contributed by atoms with Crippen molar-refractivity contribution in [2.24, 2.45) is 28.4 Å². The van der Waals surface area contributed by atoms with Crippen LogP contribution in [0.15, 0.2) is 16.8 Å². The van der Waals surface area contributed by atoms with Gasteiger partial charge in [-0.15, -0.1) is 0 Å². The molecule has 0 amide bonds. The quantitative estimate of drug-likeness (QED) is 0.878. The topological polar surface area (TPSA) is 26.0 Å². The van der Waals surface area contributed by atoms with Crippen LogP contribution in [0.1, 0.15) is 51.0 Å². The molecule has 0 saturated heterocycles. The molecule has 4 saturated carbocycles. The highest BCUT2D eigenvalue weighted by atomic mass is 32.1. The lowest BCUT2D eigenvalue weighted by molar-refractivity contribution is -0.112. The molecule has 0 radical (unpaired) electrons. The fraction of sp³-hybridized carbons (Fsp3) is 0.765. The molecule has 2 heteroatoms. The Hall–Kier alpha value is -0.340. The van der Waals surface area contributed by atoms with Gasteiger partial charge in [0.2, 0.25) is 0 Å². The van der Waals surface area contributed by atoms with Crippen LogP contribution in [0.4, 0.5) is 0 Å². The maximum Gasteiger partial charge on any atom is 0.0137 e. The molecule has 1 aromatic rings. The highest BCUT2D eigenvalue weighted by Gasteiger charge is 2.57. The van der Waals surface area contributed by atoms with E-state index < -0.39 is 0 Å². The summed E-state index contributed by atoms with van der Waals surface area (Å²) < 4.78 is 0. The Labute approximate surface area is 120 Å². The van der Waals surface area contributed by atoms with Gasteiger partial charge in [-0.2, -0.15) is 11.3 Å². The molecule has 1 nitrogen and oxygen atoms in total. The molecule has 0 aromatic carbocycles. The summed E-state index contributed by atoms with van der Waals surface area (Å²) in [5.74, 6) is 1.97. The molecule has 0 spiro atoms. The minimum atomic E-state index is 0.382. The normalized spacial score (nSPS) is 45.6. The number of hydrogen-bond acceptors (Lipinski definition) is 2. The van der Waals surface area contributed by atoms with Crippen LogP contribution in [0.3, 0.4) is 0 Å². The number of hydrogen-bond donors (Lipinski definition) is 1. The monoisotopic (exact) mass is 275 g/mol. The molecule has 4 aliphatic carbocycles. The molecule has 1 aromatic heterocycles. The van der Waals surface area contributed by atoms with Crippen LogP contribution in [-0.2, 0) is 6.42 Å². The first kappa shape index (κ1) is 12.4. The van der Waals surface area contributed by atoms with E-state index in [1.165, 1.54) is 44.1 Å². The van der Waals surface area contributed by atoms with Crippen molar-refractivity contribution in [1.82, 2.24) is 0 Å². The van der Waals surface area contributed by atoms with Gasteiger partial charge < -0.3 is 5.73 Å². The summed E-state index contributed by atoms with van der Waals surface area (Å²) in [5, 5.41) is 4.46. The lowest BCUT2D eigenvalue weighted by Gasteiger charge is -2.63. The van der Waals surface area contributed by atoms with Crippen LogP contribution in [0.2, 0.25) is 0 Å². The van der Waals surface area contributed by atoms with E-state index in [0.29, 0.717) is 16.9 Å². The molecule has 3 atom stereocenters. The molecular formula is C17H25NS. The molecule has 4 fully saturated rings. The van der Waals surface area contributed by atoms with Crippen LogP contribution in [-0.4, -0.2) is 6.04 Å². The van der Waals surface area contributed by atoms with Gasteiger partial charge >= 0.3 is 0 Å². The Balaban J connectivity index is 1.59. The number of rotatable bonds is 3. The Morgan fingerprint density at radius 1 is 1.32 bits per heavy atom. The van der Waals surface area contributed by atoms with E-state index in [9.17, 15) is 0 Å². The van der Waals surface area contributed by atoms with E-state index in [1.54, 1.807) is 11.3 Å². The number of thiophene rings is 1. The maximum atomic E-state index is 6.73. The highest BCUT2D eigenvalue weighted by Crippen LogP contribution is 2.66. The Morgan fingerprint density at radius 2 is 2.05 bits per heavy atom. The molecule has 5 rings (SSSR count). The molecule has 3 unspecified atom stereocenters. The largest absolute Gasteiger partial charge is 0.327 e. The Morgan fingerprint density at radius 3 is 2.63 bits per heavy atom. The van der Waals surface area contributed by atoms with Gasteiger partial charge in [0.05, 0.1) is 0 Å². The van der Waals surface area contributed by atoms with Crippen LogP contribution in [0.25, 0.3) is 0 Å². The third-order valence-corrected chi connectivity index (χ3v) is 6.95. The van der Waals surface area contributed by atoms with Crippen LogP contribution in [0, 0.1) is 22.7 Å². The van der Waals surface area contributed by atoms with E-state index in [0.717, 1.165) is 18.3 Å². The highest BCUT2D eigenvalue weighted by molar-refractivity contribution is 7.07. The molecule has 1 heterocycles. The standard InChI is InChI=1S/C17H25NS/c1-16-6-13-4-14(7-16)9-17(8-13,11-16)15(18)5-12-2-3-19-10-12/h2-3,10,13-15H,4-9,11,18H2,1H3. The molecular weight excluding hydrogens is 250 g/mol. The van der Waals surface area contributed by atoms with Crippen molar-refractivity contribution in [2.45, 2.75) is 57.9 Å². The van der Waals surface area contributed by atoms with Crippen molar-refractivity contribution >= 4 is 11.3 Å². The molecule has 2 N–H and O–H groups in total. The summed E-state index contributed by atoms with van der Waals surface area (Å²) >= 11 is 1.80. The van der Waals surface area contributed by atoms with E-state index in [-0.39, 0.29) is 0 Å². The third kappa shape index (κ3) is 1.99. The second-order valence-electron chi connectivity index (χ2n) is 8.08. The molecule has 4 aliphatic rings. The second-order valence-corrected chi connectivity index (χ2v) is 8.86. The fourth-order valence-electron chi connectivity index (χ4n) is 6.11. The van der Waals surface area contributed by atoms with Crippen LogP contribution in [0.5, 0.6) is 0 Å². The van der Waals surface area contributed by atoms with Crippen LogP contribution < -0.4 is 5.73 Å². The smallest absolute Gasteiger partial charge is 0.0137 e. The zero-order chi connectivity index (χ0) is 13.1. The lowest BCUT2D eigenvalue weighted by atomic mass is 9.43. The zero-order valence-corrected chi connectivity index (χ0v) is 12.7. The van der Waals surface area contributed by atoms with Crippen molar-refractivity contribution in [3.8, 4) is 0 Å². The average Bonchev–Trinajstić information content (AvgIpc) is 2.78. The second kappa shape index (κ2) is 4.08. The summed E-state index contributed by atoms with van der Waals surface area (Å²) in [6.07, 6.45) is 9.81. The van der Waals surface area contributed by atoms with Crippen molar-refractivity contribution in [2.75, 3.05) is 0 Å². The zero-order valence-electron chi connectivity index (χ0n) is 11.9. The Kier molecular flexibility index (Phi) is 2.66. The number of nitrogens with two attached hydrogens (primary N) is 1. The van der Waals surface area contributed by atoms with Crippen molar-refractivity contribution in [3.63, 3.8) is 0 Å². The predicted octanol–water partition coefficient (Wildman–Crippen LogP) is 4.22. The molecule has 104 valence electrons. The van der Waals surface area contributed by atoms with Gasteiger partial charge in [0.25, 0.3) is 0 Å². The van der Waals surface area contributed by atoms with Gasteiger partial charge in [0, 0.05) is 6.04 Å². The first-order valence-corrected chi connectivity index (χ1v) is 8.78. The molecule has 4 bridgehead atoms. The summed E-state index contributed by atoms with van der Waals surface area (Å²) in [6.45, 7) is 2.54. The predicted molar refractivity (Wildman–Crippen MR) is 81.2 cm³/mol. The summed E-state index contributed by atoms with van der Waals surface area (Å²) in [7, 11) is 0. The minimum absolute atomic E-state index is 0.382. The van der Waals surface area contributed by atoms with Gasteiger partial charge in [-0.3, -0.25) is 0 Å². The summed E-state index contributed by atoms with van der Waals surface area (Å²) in [6, 6.07) is 2.64. The maximum absolute atomic E-state index is 6.73. The average molecular weight is 275 g/mol. The summed E-state index contributed by atoms with van der Waals surface area (Å²) in [5.41, 5.74) is 9.28. The molecule has 19 heavy (non-hydrogen) atoms. The van der Waals surface area contributed by atoms with Gasteiger partial charge in [0.15, 0.2) is 0 Å². The minimum Gasteiger partial charge on any atom is -0.327 e. The van der Waals surface area contributed by atoms with Gasteiger partial charge in [-0.05, 0) is 90.0 Å². The van der Waals surface area contributed by atoms with Crippen LogP contribution >= 0.6 is 11.3 Å². The van der Waals surface area contributed by atoms with Crippen molar-refractivity contribution in [3.05, 3.63) is 22.4 Å². The fourth-order valence-corrected chi connectivity index (χ4v) is 6.79. The van der Waals surface area contributed by atoms with E-state index in [1.807, 2.05) is 0 Å². The first-order chi connectivity index (χ1) is 9.07. The van der Waals surface area contributed by atoms with Gasteiger partial charge in [-0.1, -0.05) is 6.92 Å². The van der Waals surface area contributed by atoms with E-state index in [2.05, 4.69) is 23.8 Å². The van der Waals surface area contributed by atoms with Crippen molar-refractivity contribution < 1.29 is 0 Å². The van der Waals surface area contributed by atoms with Crippen molar-refractivity contribution in [1.29, 1.82) is 0 Å². The van der Waals surface area contributed by atoms with Gasteiger partial charge in [0.1, 0.15) is 0 Å². The Bertz CT molecular complexity index is 450. The first-order valence-electron chi connectivity index (χ1n) is 7.84. The molecule has 0 aliphatic heterocycles. The summed E-state index contributed by atoms with van der Waals surface area (Å²) in [4.78, 5) is 0. The van der Waals surface area contributed by atoms with E-state index in [4.69, 9.17) is 5.73 Å². The SMILES string of the molecule is CC12CC3CC(C1)CC(C(N)Cc1ccsc1)(C3)C2. The lowest BCUT2D eigenvalue weighted by Crippen LogP contribution is -2.58. The van der Waals surface area contributed by atoms with Gasteiger partial charge in [-0.25, -0.2) is 0 Å². The third-order valence-electron chi connectivity index (χ3n) is 6.22.